The number of nitrogens with one attached hydrogen (secondary N) is 2. The van der Waals surface area contributed by atoms with Crippen molar-refractivity contribution in [1.29, 1.82) is 0 Å². The predicted octanol–water partition coefficient (Wildman–Crippen LogP) is 0.838. The topological polar surface area (TPSA) is 136 Å². The Balaban J connectivity index is 1.55. The normalized spacial score (nSPS) is 22.4. The molecular weight excluding hydrogens is 351 g/mol. The molecule has 1 unspecified atom stereocenters. The number of pyridine rings is 1. The standard InChI is InChI=1S/C14H17N4O6P/c19-12-5-7-18(14(20)16-12)13-4-3-11(24-13)9-23-25(21,22)17-10-2-1-6-15-8-10/h1-2,5-8,11,13H,3-4,9H2,(H,16,19,20)(H2,17,21,22)/t11-,13+/m0/s1. The van der Waals surface area contributed by atoms with E-state index in [1.54, 1.807) is 18.3 Å². The molecule has 0 aromatic carbocycles. The van der Waals surface area contributed by atoms with Gasteiger partial charge >= 0.3 is 13.4 Å². The highest BCUT2D eigenvalue weighted by molar-refractivity contribution is 7.54. The fourth-order valence-electron chi connectivity index (χ4n) is 2.48. The van der Waals surface area contributed by atoms with Crippen LogP contribution in [0.5, 0.6) is 0 Å². The third kappa shape index (κ3) is 4.64. The number of rotatable bonds is 6. The largest absolute Gasteiger partial charge is 0.430 e. The molecule has 134 valence electrons. The molecule has 25 heavy (non-hydrogen) atoms. The maximum Gasteiger partial charge on any atom is 0.430 e. The van der Waals surface area contributed by atoms with Crippen LogP contribution in [0.25, 0.3) is 0 Å². The third-order valence-electron chi connectivity index (χ3n) is 3.61. The Morgan fingerprint density at radius 1 is 1.44 bits per heavy atom. The summed E-state index contributed by atoms with van der Waals surface area (Å²) in [6.07, 6.45) is 4.36. The molecular formula is C14H17N4O6P. The molecule has 2 aromatic rings. The minimum atomic E-state index is -4.06. The van der Waals surface area contributed by atoms with Gasteiger partial charge in [0, 0.05) is 18.5 Å². The van der Waals surface area contributed by atoms with E-state index in [0.29, 0.717) is 18.5 Å². The first-order valence-electron chi connectivity index (χ1n) is 7.55. The monoisotopic (exact) mass is 368 g/mol. The molecule has 10 nitrogen and oxygen atoms in total. The second-order valence-corrected chi connectivity index (χ2v) is 7.00. The van der Waals surface area contributed by atoms with E-state index in [0.717, 1.165) is 0 Å². The van der Waals surface area contributed by atoms with Gasteiger partial charge < -0.3 is 9.63 Å². The Kier molecular flexibility index (Phi) is 5.14. The summed E-state index contributed by atoms with van der Waals surface area (Å²) in [7, 11) is -4.06. The van der Waals surface area contributed by atoms with E-state index in [1.807, 2.05) is 0 Å². The van der Waals surface area contributed by atoms with Crippen LogP contribution in [0.4, 0.5) is 5.69 Å². The van der Waals surface area contributed by atoms with Crippen LogP contribution in [0.15, 0.2) is 46.4 Å². The zero-order valence-corrected chi connectivity index (χ0v) is 14.0. The maximum absolute atomic E-state index is 12.0. The van der Waals surface area contributed by atoms with Crippen molar-refractivity contribution in [2.24, 2.45) is 0 Å². The van der Waals surface area contributed by atoms with Gasteiger partial charge in [-0.3, -0.25) is 28.9 Å². The van der Waals surface area contributed by atoms with Crippen molar-refractivity contribution in [3.05, 3.63) is 57.6 Å². The summed E-state index contributed by atoms with van der Waals surface area (Å²) in [5.41, 5.74) is -0.690. The first kappa shape index (κ1) is 17.6. The number of anilines is 1. The molecule has 3 atom stereocenters. The average Bonchev–Trinajstić information content (AvgIpc) is 3.02. The predicted molar refractivity (Wildman–Crippen MR) is 88.1 cm³/mol. The highest BCUT2D eigenvalue weighted by atomic mass is 31.2. The van der Waals surface area contributed by atoms with Crippen LogP contribution in [0.1, 0.15) is 19.1 Å². The highest BCUT2D eigenvalue weighted by Crippen LogP contribution is 2.42. The molecule has 3 heterocycles. The molecule has 1 aliphatic heterocycles. The van der Waals surface area contributed by atoms with Crippen LogP contribution in [-0.4, -0.2) is 32.1 Å². The summed E-state index contributed by atoms with van der Waals surface area (Å²) in [6, 6.07) is 4.44. The second-order valence-electron chi connectivity index (χ2n) is 5.48. The summed E-state index contributed by atoms with van der Waals surface area (Å²) >= 11 is 0. The number of aromatic amines is 1. The lowest BCUT2D eigenvalue weighted by Gasteiger charge is -2.18. The van der Waals surface area contributed by atoms with Gasteiger partial charge in [-0.05, 0) is 25.0 Å². The molecule has 2 aromatic heterocycles. The summed E-state index contributed by atoms with van der Waals surface area (Å²) in [5, 5.41) is 2.38. The molecule has 11 heteroatoms. The van der Waals surface area contributed by atoms with Crippen molar-refractivity contribution in [3.63, 3.8) is 0 Å². The van der Waals surface area contributed by atoms with Gasteiger partial charge in [-0.15, -0.1) is 0 Å². The Bertz CT molecular complexity index is 883. The van der Waals surface area contributed by atoms with Crippen molar-refractivity contribution in [2.45, 2.75) is 25.2 Å². The van der Waals surface area contributed by atoms with Gasteiger partial charge in [0.15, 0.2) is 0 Å². The van der Waals surface area contributed by atoms with Crippen molar-refractivity contribution in [3.8, 4) is 0 Å². The van der Waals surface area contributed by atoms with Crippen molar-refractivity contribution in [1.82, 2.24) is 14.5 Å². The van der Waals surface area contributed by atoms with Crippen molar-refractivity contribution >= 4 is 13.4 Å². The fourth-order valence-corrected chi connectivity index (χ4v) is 3.37. The number of ether oxygens (including phenoxy) is 1. The van der Waals surface area contributed by atoms with Crippen molar-refractivity contribution in [2.75, 3.05) is 11.7 Å². The van der Waals surface area contributed by atoms with Gasteiger partial charge in [-0.25, -0.2) is 9.36 Å². The van der Waals surface area contributed by atoms with E-state index in [4.69, 9.17) is 9.26 Å². The van der Waals surface area contributed by atoms with Gasteiger partial charge in [-0.1, -0.05) is 0 Å². The Hall–Kier alpha value is -2.26. The minimum absolute atomic E-state index is 0.115. The van der Waals surface area contributed by atoms with E-state index in [-0.39, 0.29) is 6.61 Å². The third-order valence-corrected chi connectivity index (χ3v) is 4.65. The summed E-state index contributed by atoms with van der Waals surface area (Å²) < 4.78 is 24.0. The van der Waals surface area contributed by atoms with E-state index >= 15 is 0 Å². The van der Waals surface area contributed by atoms with E-state index < -0.39 is 31.3 Å². The Morgan fingerprint density at radius 3 is 3.00 bits per heavy atom. The summed E-state index contributed by atoms with van der Waals surface area (Å²) in [5.74, 6) is 0. The summed E-state index contributed by atoms with van der Waals surface area (Å²) in [6.45, 7) is -0.115. The molecule has 0 radical (unpaired) electrons. The number of aromatic nitrogens is 3. The minimum Gasteiger partial charge on any atom is -0.352 e. The number of H-pyrrole nitrogens is 1. The fraction of sp³-hybridized carbons (Fsp3) is 0.357. The van der Waals surface area contributed by atoms with Gasteiger partial charge in [0.25, 0.3) is 5.56 Å². The Morgan fingerprint density at radius 2 is 2.28 bits per heavy atom. The van der Waals surface area contributed by atoms with E-state index in [9.17, 15) is 19.0 Å². The molecule has 0 saturated carbocycles. The molecule has 0 aliphatic carbocycles. The van der Waals surface area contributed by atoms with Crippen molar-refractivity contribution < 1.29 is 18.7 Å². The number of hydrogen-bond donors (Lipinski definition) is 3. The lowest BCUT2D eigenvalue weighted by molar-refractivity contribution is -0.0213. The van der Waals surface area contributed by atoms with Crippen LogP contribution in [0.3, 0.4) is 0 Å². The van der Waals surface area contributed by atoms with E-state index in [1.165, 1.54) is 23.0 Å². The van der Waals surface area contributed by atoms with Gasteiger partial charge in [-0.2, -0.15) is 0 Å². The van der Waals surface area contributed by atoms with E-state index in [2.05, 4.69) is 15.1 Å². The lowest BCUT2D eigenvalue weighted by atomic mass is 10.2. The highest BCUT2D eigenvalue weighted by Gasteiger charge is 2.30. The quantitative estimate of drug-likeness (QED) is 0.638. The van der Waals surface area contributed by atoms with Crippen LogP contribution in [0, 0.1) is 0 Å². The molecule has 1 saturated heterocycles. The second kappa shape index (κ2) is 7.32. The van der Waals surface area contributed by atoms with Gasteiger partial charge in [0.05, 0.1) is 24.6 Å². The zero-order chi connectivity index (χ0) is 17.9. The smallest absolute Gasteiger partial charge is 0.352 e. The zero-order valence-electron chi connectivity index (χ0n) is 13.1. The Labute approximate surface area is 142 Å². The van der Waals surface area contributed by atoms with Gasteiger partial charge in [0.2, 0.25) is 0 Å². The van der Waals surface area contributed by atoms with Crippen LogP contribution < -0.4 is 16.3 Å². The first-order valence-corrected chi connectivity index (χ1v) is 9.13. The lowest BCUT2D eigenvalue weighted by Crippen LogP contribution is -2.31. The molecule has 0 amide bonds. The van der Waals surface area contributed by atoms with Crippen LogP contribution >= 0.6 is 7.75 Å². The molecule has 3 rings (SSSR count). The molecule has 3 N–H and O–H groups in total. The average molecular weight is 368 g/mol. The summed E-state index contributed by atoms with van der Waals surface area (Å²) in [4.78, 5) is 38.7. The van der Waals surface area contributed by atoms with Crippen LogP contribution in [-0.2, 0) is 13.8 Å². The SMILES string of the molecule is O=c1ccn([C@H]2CC[C@@H](COP(=O)(O)Nc3cccnc3)O2)c(=O)[nH]1. The number of hydrogen-bond acceptors (Lipinski definition) is 6. The molecule has 0 spiro atoms. The molecule has 0 bridgehead atoms. The van der Waals surface area contributed by atoms with Crippen LogP contribution in [0.2, 0.25) is 0 Å². The van der Waals surface area contributed by atoms with Gasteiger partial charge in [0.1, 0.15) is 6.23 Å². The molecule has 1 aliphatic rings. The maximum atomic E-state index is 12.0. The number of nitrogens with zero attached hydrogens (tertiary/aromatic N) is 2. The first-order chi connectivity index (χ1) is 11.9. The molecule has 1 fully saturated rings.